The smallest absolute Gasteiger partial charge is 0.320 e. The monoisotopic (exact) mass is 606 g/mol. The lowest BCUT2D eigenvalue weighted by atomic mass is 9.95. The largest absolute Gasteiger partial charge is 0.480 e. The number of nitrogens with zero attached hydrogens (tertiary/aromatic N) is 2. The quantitative estimate of drug-likeness (QED) is 0.142. The number of benzene rings is 4. The van der Waals surface area contributed by atoms with Gasteiger partial charge in [-0.15, -0.1) is 0 Å². The minimum atomic E-state index is -0.963. The van der Waals surface area contributed by atoms with Crippen LogP contribution in [0.4, 0.5) is 10.1 Å². The number of fused-ring (bicyclic) bond motifs is 4. The van der Waals surface area contributed by atoms with E-state index >= 15 is 0 Å². The van der Waals surface area contributed by atoms with Crippen LogP contribution in [0.2, 0.25) is 0 Å². The van der Waals surface area contributed by atoms with Crippen LogP contribution in [-0.4, -0.2) is 43.6 Å². The zero-order valence-corrected chi connectivity index (χ0v) is 24.9. The summed E-state index contributed by atoms with van der Waals surface area (Å²) in [5.41, 5.74) is 17.2. The fraction of sp³-hybridized carbons (Fsp3) is 0.229. The van der Waals surface area contributed by atoms with E-state index in [1.807, 2.05) is 42.5 Å². The normalized spacial score (nSPS) is 14.3. The highest BCUT2D eigenvalue weighted by atomic mass is 19.1. The molecule has 7 N–H and O–H groups in total. The number of primary amides is 1. The first-order valence-electron chi connectivity index (χ1n) is 15.1. The lowest BCUT2D eigenvalue weighted by molar-refractivity contribution is -0.138. The highest BCUT2D eigenvalue weighted by molar-refractivity contribution is 6.15. The summed E-state index contributed by atoms with van der Waals surface area (Å²) in [5.74, 6) is -1.02. The summed E-state index contributed by atoms with van der Waals surface area (Å²) in [6.07, 6.45) is 5.80. The summed E-state index contributed by atoms with van der Waals surface area (Å²) in [6.45, 7) is 1.42. The van der Waals surface area contributed by atoms with Crippen molar-refractivity contribution < 1.29 is 19.1 Å². The number of hydrogen-bond donors (Lipinski definition) is 5. The minimum absolute atomic E-state index is 0.301. The Hall–Kier alpha value is -5.22. The number of para-hydroxylation sites is 1. The van der Waals surface area contributed by atoms with E-state index in [9.17, 15) is 14.0 Å². The van der Waals surface area contributed by atoms with Gasteiger partial charge in [0.15, 0.2) is 0 Å². The Balaban J connectivity index is 0.000000545. The first-order chi connectivity index (χ1) is 21.7. The number of carboxylic acids is 1. The van der Waals surface area contributed by atoms with Gasteiger partial charge in [0.05, 0.1) is 27.6 Å². The van der Waals surface area contributed by atoms with Crippen LogP contribution in [-0.2, 0) is 4.79 Å². The van der Waals surface area contributed by atoms with Gasteiger partial charge in [-0.3, -0.25) is 9.59 Å². The van der Waals surface area contributed by atoms with Crippen molar-refractivity contribution in [2.45, 2.75) is 51.1 Å². The van der Waals surface area contributed by atoms with E-state index < -0.39 is 17.9 Å². The number of aromatic nitrogens is 3. The molecule has 0 spiro atoms. The van der Waals surface area contributed by atoms with Gasteiger partial charge in [0, 0.05) is 33.8 Å². The predicted molar refractivity (Wildman–Crippen MR) is 176 cm³/mol. The van der Waals surface area contributed by atoms with Crippen molar-refractivity contribution in [2.75, 3.05) is 5.32 Å². The van der Waals surface area contributed by atoms with Gasteiger partial charge in [-0.2, -0.15) is 0 Å². The number of nitrogens with one attached hydrogen (secondary N) is 2. The first kappa shape index (κ1) is 29.8. The molecule has 1 atom stereocenters. The van der Waals surface area contributed by atoms with Crippen molar-refractivity contribution >= 4 is 50.4 Å². The summed E-state index contributed by atoms with van der Waals surface area (Å²) < 4.78 is 16.1. The molecule has 45 heavy (non-hydrogen) atoms. The standard InChI is InChI=1S/C32H28FN5O.C3H7NO2/c33-19-13-16-25-27(17-19)37-32(36-25)24-10-6-12-29-30(24)23-9-4-5-11-28(23)38(29)21-14-15-22(31(34)39)26(18-21)35-20-7-2-1-3-8-20;1-2(4)3(5)6/h4-6,9-18,20,35H,1-3,7-8H2,(H2,34,39)(H,36,37);2H,4H2,1H3,(H,5,6). The van der Waals surface area contributed by atoms with E-state index in [0.29, 0.717) is 28.5 Å². The van der Waals surface area contributed by atoms with Gasteiger partial charge in [0.25, 0.3) is 5.91 Å². The number of imidazole rings is 1. The lowest BCUT2D eigenvalue weighted by Crippen LogP contribution is -2.25. The van der Waals surface area contributed by atoms with Gasteiger partial charge in [-0.25, -0.2) is 9.37 Å². The van der Waals surface area contributed by atoms with Crippen LogP contribution in [0.1, 0.15) is 49.4 Å². The van der Waals surface area contributed by atoms with Crippen molar-refractivity contribution in [3.05, 3.63) is 90.2 Å². The highest BCUT2D eigenvalue weighted by Crippen LogP contribution is 2.39. The Morgan fingerprint density at radius 3 is 2.47 bits per heavy atom. The molecule has 4 aromatic carbocycles. The Morgan fingerprint density at radius 1 is 1.00 bits per heavy atom. The molecule has 1 amide bonds. The number of halogens is 1. The average molecular weight is 607 g/mol. The second-order valence-electron chi connectivity index (χ2n) is 11.5. The fourth-order valence-corrected chi connectivity index (χ4v) is 6.08. The zero-order valence-electron chi connectivity index (χ0n) is 24.9. The van der Waals surface area contributed by atoms with Crippen molar-refractivity contribution in [1.29, 1.82) is 0 Å². The molecule has 0 aliphatic heterocycles. The van der Waals surface area contributed by atoms with E-state index in [1.165, 1.54) is 38.3 Å². The summed E-state index contributed by atoms with van der Waals surface area (Å²) in [4.78, 5) is 30.0. The maximum atomic E-state index is 13.9. The number of carboxylic acid groups (broad SMARTS) is 1. The molecule has 1 fully saturated rings. The Morgan fingerprint density at radius 2 is 1.73 bits per heavy atom. The molecule has 1 unspecified atom stereocenters. The number of H-pyrrole nitrogens is 1. The molecule has 9 nitrogen and oxygen atoms in total. The minimum Gasteiger partial charge on any atom is -0.480 e. The fourth-order valence-electron chi connectivity index (χ4n) is 6.08. The third kappa shape index (κ3) is 5.97. The third-order valence-corrected chi connectivity index (χ3v) is 8.28. The molecule has 230 valence electrons. The van der Waals surface area contributed by atoms with Gasteiger partial charge in [0.1, 0.15) is 17.7 Å². The first-order valence-corrected chi connectivity index (χ1v) is 15.1. The number of amides is 1. The molecule has 1 saturated carbocycles. The van der Waals surface area contributed by atoms with Crippen molar-refractivity contribution in [3.8, 4) is 17.1 Å². The highest BCUT2D eigenvalue weighted by Gasteiger charge is 2.21. The van der Waals surface area contributed by atoms with Gasteiger partial charge < -0.3 is 31.4 Å². The van der Waals surface area contributed by atoms with Crippen LogP contribution < -0.4 is 16.8 Å². The van der Waals surface area contributed by atoms with E-state index in [0.717, 1.165) is 51.6 Å². The van der Waals surface area contributed by atoms with E-state index in [-0.39, 0.29) is 5.82 Å². The Labute approximate surface area is 259 Å². The molecule has 2 aromatic heterocycles. The van der Waals surface area contributed by atoms with Crippen molar-refractivity contribution in [1.82, 2.24) is 14.5 Å². The van der Waals surface area contributed by atoms with Gasteiger partial charge in [0.2, 0.25) is 0 Å². The Kier molecular flexibility index (Phi) is 8.23. The number of aromatic amines is 1. The van der Waals surface area contributed by atoms with Crippen LogP contribution >= 0.6 is 0 Å². The van der Waals surface area contributed by atoms with Gasteiger partial charge in [-0.1, -0.05) is 49.6 Å². The topological polar surface area (TPSA) is 152 Å². The third-order valence-electron chi connectivity index (χ3n) is 8.28. The van der Waals surface area contributed by atoms with E-state index in [1.54, 1.807) is 6.07 Å². The molecule has 7 rings (SSSR count). The number of aliphatic carboxylic acids is 1. The molecule has 2 heterocycles. The van der Waals surface area contributed by atoms with Crippen LogP contribution in [0, 0.1) is 5.82 Å². The van der Waals surface area contributed by atoms with Crippen LogP contribution in [0.25, 0.3) is 49.9 Å². The van der Waals surface area contributed by atoms with E-state index in [2.05, 4.69) is 33.1 Å². The second kappa shape index (κ2) is 12.4. The lowest BCUT2D eigenvalue weighted by Gasteiger charge is -2.25. The van der Waals surface area contributed by atoms with Crippen LogP contribution in [0.15, 0.2) is 78.9 Å². The molecule has 0 saturated heterocycles. The number of carbonyl (C=O) groups is 2. The molecule has 0 radical (unpaired) electrons. The second-order valence-corrected chi connectivity index (χ2v) is 11.5. The zero-order chi connectivity index (χ0) is 31.7. The molecular weight excluding hydrogens is 571 g/mol. The summed E-state index contributed by atoms with van der Waals surface area (Å²) in [7, 11) is 0. The number of rotatable bonds is 6. The molecule has 10 heteroatoms. The van der Waals surface area contributed by atoms with Crippen molar-refractivity contribution in [3.63, 3.8) is 0 Å². The summed E-state index contributed by atoms with van der Waals surface area (Å²) in [5, 5.41) is 13.6. The summed E-state index contributed by atoms with van der Waals surface area (Å²) in [6, 6.07) is 24.4. The SMILES string of the molecule is CC(N)C(=O)O.NC(=O)c1ccc(-n2c3ccccc3c3c(-c4nc5ccc(F)cc5[nH]4)cccc32)cc1NC1CCCCC1. The number of carbonyl (C=O) groups excluding carboxylic acids is 1. The van der Waals surface area contributed by atoms with Gasteiger partial charge in [-0.05, 0) is 68.3 Å². The molecule has 0 bridgehead atoms. The number of anilines is 1. The van der Waals surface area contributed by atoms with Crippen molar-refractivity contribution in [2.24, 2.45) is 11.5 Å². The van der Waals surface area contributed by atoms with Crippen LogP contribution in [0.3, 0.4) is 0 Å². The molecule has 1 aliphatic rings. The molecular formula is C35H35FN6O3. The number of nitrogens with two attached hydrogens (primary N) is 2. The maximum absolute atomic E-state index is 13.9. The maximum Gasteiger partial charge on any atom is 0.320 e. The van der Waals surface area contributed by atoms with E-state index in [4.69, 9.17) is 21.6 Å². The summed E-state index contributed by atoms with van der Waals surface area (Å²) >= 11 is 0. The Bertz CT molecular complexity index is 2040. The molecule has 6 aromatic rings. The van der Waals surface area contributed by atoms with Gasteiger partial charge >= 0.3 is 5.97 Å². The predicted octanol–water partition coefficient (Wildman–Crippen LogP) is 6.73. The van der Waals surface area contributed by atoms with Crippen LogP contribution in [0.5, 0.6) is 0 Å². The molecule has 1 aliphatic carbocycles. The number of hydrogen-bond acceptors (Lipinski definition) is 5. The average Bonchev–Trinajstić information content (AvgIpc) is 3.60.